The second kappa shape index (κ2) is 8.11. The van der Waals surface area contributed by atoms with E-state index in [1.54, 1.807) is 29.5 Å². The van der Waals surface area contributed by atoms with Crippen molar-refractivity contribution in [1.29, 1.82) is 0 Å². The molecular weight excluding hydrogens is 398 g/mol. The van der Waals surface area contributed by atoms with Crippen LogP contribution in [-0.2, 0) is 4.79 Å². The lowest BCUT2D eigenvalue weighted by atomic mass is 10.2. The molecule has 144 valence electrons. The Morgan fingerprint density at radius 3 is 2.75 bits per heavy atom. The lowest BCUT2D eigenvalue weighted by Crippen LogP contribution is -2.49. The molecule has 0 unspecified atom stereocenters. The lowest BCUT2D eigenvalue weighted by Gasteiger charge is -2.35. The van der Waals surface area contributed by atoms with E-state index in [1.165, 1.54) is 24.2 Å². The number of nitro groups is 1. The van der Waals surface area contributed by atoms with Crippen molar-refractivity contribution < 1.29 is 9.72 Å². The molecule has 28 heavy (non-hydrogen) atoms. The fourth-order valence-corrected chi connectivity index (χ4v) is 5.02. The number of benzene rings is 1. The second-order valence-corrected chi connectivity index (χ2v) is 8.10. The smallest absolute Gasteiger partial charge is 0.292 e. The van der Waals surface area contributed by atoms with E-state index < -0.39 is 0 Å². The Hall–Kier alpha value is -2.72. The fraction of sp³-hybridized carbons (Fsp3) is 0.278. The summed E-state index contributed by atoms with van der Waals surface area (Å²) in [5, 5.41) is 14.0. The zero-order valence-electron chi connectivity index (χ0n) is 14.9. The van der Waals surface area contributed by atoms with Crippen molar-refractivity contribution in [3.63, 3.8) is 0 Å². The van der Waals surface area contributed by atoms with Gasteiger partial charge in [-0.2, -0.15) is 0 Å². The number of carbonyl (C=O) groups is 1. The van der Waals surface area contributed by atoms with Gasteiger partial charge in [-0.25, -0.2) is 9.97 Å². The fourth-order valence-electron chi connectivity index (χ4n) is 3.17. The number of hydrogen-bond acceptors (Lipinski definition) is 8. The molecular formula is C18H17N5O3S2. The summed E-state index contributed by atoms with van der Waals surface area (Å²) in [5.41, 5.74) is 1.60. The molecule has 2 aromatic heterocycles. The third-order valence-electron chi connectivity index (χ3n) is 4.59. The first-order chi connectivity index (χ1) is 13.6. The molecule has 0 spiro atoms. The third-order valence-corrected chi connectivity index (χ3v) is 6.61. The zero-order chi connectivity index (χ0) is 19.5. The molecule has 0 bridgehead atoms. The van der Waals surface area contributed by atoms with Gasteiger partial charge in [0.15, 0.2) is 0 Å². The van der Waals surface area contributed by atoms with Gasteiger partial charge in [-0.1, -0.05) is 23.9 Å². The number of piperazine rings is 1. The molecule has 0 aliphatic carbocycles. The minimum atomic E-state index is -0.365. The Bertz CT molecular complexity index is 1020. The minimum absolute atomic E-state index is 0.0514. The van der Waals surface area contributed by atoms with Gasteiger partial charge in [0, 0.05) is 32.2 Å². The zero-order valence-corrected chi connectivity index (χ0v) is 16.5. The van der Waals surface area contributed by atoms with Crippen LogP contribution in [0.4, 0.5) is 11.4 Å². The molecule has 0 atom stereocenters. The molecule has 0 N–H and O–H groups in total. The molecule has 0 saturated carbocycles. The van der Waals surface area contributed by atoms with Gasteiger partial charge in [-0.15, -0.1) is 11.3 Å². The van der Waals surface area contributed by atoms with Gasteiger partial charge < -0.3 is 9.80 Å². The molecule has 1 fully saturated rings. The van der Waals surface area contributed by atoms with Crippen LogP contribution in [-0.4, -0.2) is 57.6 Å². The van der Waals surface area contributed by atoms with Crippen LogP contribution in [0.2, 0.25) is 0 Å². The van der Waals surface area contributed by atoms with E-state index in [-0.39, 0.29) is 16.5 Å². The molecule has 3 aromatic rings. The second-order valence-electron chi connectivity index (χ2n) is 6.22. The van der Waals surface area contributed by atoms with Crippen LogP contribution in [0.5, 0.6) is 0 Å². The summed E-state index contributed by atoms with van der Waals surface area (Å²) in [5.74, 6) is 0.366. The molecule has 10 heteroatoms. The molecule has 0 radical (unpaired) electrons. The summed E-state index contributed by atoms with van der Waals surface area (Å²) in [6, 6.07) is 8.67. The average Bonchev–Trinajstić information content (AvgIpc) is 3.21. The van der Waals surface area contributed by atoms with Crippen LogP contribution < -0.4 is 4.90 Å². The predicted molar refractivity (Wildman–Crippen MR) is 110 cm³/mol. The van der Waals surface area contributed by atoms with E-state index in [0.29, 0.717) is 37.6 Å². The average molecular weight is 416 g/mol. The number of anilines is 1. The predicted octanol–water partition coefficient (Wildman–Crippen LogP) is 3.04. The van der Waals surface area contributed by atoms with E-state index >= 15 is 0 Å². The maximum Gasteiger partial charge on any atom is 0.292 e. The molecule has 4 rings (SSSR count). The number of nitrogens with zero attached hydrogens (tertiary/aromatic N) is 5. The number of hydrogen-bond donors (Lipinski definition) is 0. The first-order valence-corrected chi connectivity index (χ1v) is 10.6. The molecule has 1 saturated heterocycles. The van der Waals surface area contributed by atoms with Crippen LogP contribution in [0.3, 0.4) is 0 Å². The maximum atomic E-state index is 12.6. The van der Waals surface area contributed by atoms with Gasteiger partial charge in [0.25, 0.3) is 5.69 Å². The van der Waals surface area contributed by atoms with Crippen LogP contribution in [0.25, 0.3) is 10.2 Å². The Balaban J connectivity index is 1.36. The van der Waals surface area contributed by atoms with Crippen molar-refractivity contribution in [3.05, 3.63) is 52.2 Å². The standard InChI is InChI=1S/C18H17N5O3S2/c24-16(11-28-18-17-13(5-10-27-17)19-12-20-18)22-8-6-21(7-9-22)14-3-1-2-4-15(14)23(25)26/h1-5,10,12H,6-9,11H2. The minimum Gasteiger partial charge on any atom is -0.362 e. The van der Waals surface area contributed by atoms with Crippen molar-refractivity contribution in [2.24, 2.45) is 0 Å². The van der Waals surface area contributed by atoms with Crippen LogP contribution in [0.15, 0.2) is 47.1 Å². The highest BCUT2D eigenvalue weighted by molar-refractivity contribution is 8.00. The number of aromatic nitrogens is 2. The quantitative estimate of drug-likeness (QED) is 0.274. The number of amides is 1. The summed E-state index contributed by atoms with van der Waals surface area (Å²) in [6.45, 7) is 2.24. The van der Waals surface area contributed by atoms with Crippen LogP contribution in [0, 0.1) is 10.1 Å². The monoisotopic (exact) mass is 415 g/mol. The molecule has 3 heterocycles. The normalized spacial score (nSPS) is 14.4. The molecule has 1 aliphatic rings. The van der Waals surface area contributed by atoms with Crippen molar-refractivity contribution in [3.8, 4) is 0 Å². The Morgan fingerprint density at radius 2 is 1.96 bits per heavy atom. The van der Waals surface area contributed by atoms with Gasteiger partial charge >= 0.3 is 0 Å². The van der Waals surface area contributed by atoms with E-state index in [0.717, 1.165) is 15.2 Å². The first-order valence-electron chi connectivity index (χ1n) is 8.70. The van der Waals surface area contributed by atoms with Crippen molar-refractivity contribution in [2.75, 3.05) is 36.8 Å². The highest BCUT2D eigenvalue weighted by Gasteiger charge is 2.25. The van der Waals surface area contributed by atoms with Crippen molar-refractivity contribution in [1.82, 2.24) is 14.9 Å². The third kappa shape index (κ3) is 3.78. The summed E-state index contributed by atoms with van der Waals surface area (Å²) in [4.78, 5) is 35.8. The highest BCUT2D eigenvalue weighted by atomic mass is 32.2. The number of para-hydroxylation sites is 2. The highest BCUT2D eigenvalue weighted by Crippen LogP contribution is 2.30. The number of fused-ring (bicyclic) bond motifs is 1. The molecule has 8 nitrogen and oxygen atoms in total. The lowest BCUT2D eigenvalue weighted by molar-refractivity contribution is -0.384. The van der Waals surface area contributed by atoms with Gasteiger partial charge in [0.2, 0.25) is 5.91 Å². The number of rotatable bonds is 5. The molecule has 1 amide bonds. The number of nitro benzene ring substituents is 1. The van der Waals surface area contributed by atoms with Crippen molar-refractivity contribution in [2.45, 2.75) is 5.03 Å². The Labute approximate surface area is 169 Å². The number of carbonyl (C=O) groups excluding carboxylic acids is 1. The molecule has 1 aromatic carbocycles. The SMILES string of the molecule is O=C(CSc1ncnc2ccsc12)N1CCN(c2ccccc2[N+](=O)[O-])CC1. The maximum absolute atomic E-state index is 12.6. The van der Waals surface area contributed by atoms with Crippen LogP contribution >= 0.6 is 23.1 Å². The first kappa shape index (κ1) is 18.6. The summed E-state index contributed by atoms with van der Waals surface area (Å²) in [6.07, 6.45) is 1.52. The van der Waals surface area contributed by atoms with E-state index in [9.17, 15) is 14.9 Å². The van der Waals surface area contributed by atoms with E-state index in [2.05, 4.69) is 9.97 Å². The van der Waals surface area contributed by atoms with Gasteiger partial charge in [-0.3, -0.25) is 14.9 Å². The van der Waals surface area contributed by atoms with Gasteiger partial charge in [-0.05, 0) is 17.5 Å². The van der Waals surface area contributed by atoms with Gasteiger partial charge in [0.1, 0.15) is 17.0 Å². The summed E-state index contributed by atoms with van der Waals surface area (Å²) in [7, 11) is 0. The number of thiophene rings is 1. The summed E-state index contributed by atoms with van der Waals surface area (Å²) < 4.78 is 1.00. The van der Waals surface area contributed by atoms with E-state index in [1.807, 2.05) is 21.2 Å². The van der Waals surface area contributed by atoms with Crippen LogP contribution in [0.1, 0.15) is 0 Å². The largest absolute Gasteiger partial charge is 0.362 e. The summed E-state index contributed by atoms with van der Waals surface area (Å²) >= 11 is 3.00. The van der Waals surface area contributed by atoms with Gasteiger partial charge in [0.05, 0.1) is 20.9 Å². The number of thioether (sulfide) groups is 1. The topological polar surface area (TPSA) is 92.5 Å². The van der Waals surface area contributed by atoms with E-state index in [4.69, 9.17) is 0 Å². The Morgan fingerprint density at radius 1 is 1.18 bits per heavy atom. The Kier molecular flexibility index (Phi) is 5.40. The van der Waals surface area contributed by atoms with Crippen molar-refractivity contribution >= 4 is 50.6 Å². The molecule has 1 aliphatic heterocycles.